The molecular formula is C15H11BrF2N2O2S. The number of nitrogens with zero attached hydrogens (tertiary/aromatic N) is 2. The van der Waals surface area contributed by atoms with E-state index in [1.54, 1.807) is 11.2 Å². The number of sulfone groups is 1. The minimum absolute atomic E-state index is 0.402. The summed E-state index contributed by atoms with van der Waals surface area (Å²) >= 11 is 3.40. The van der Waals surface area contributed by atoms with E-state index in [1.807, 2.05) is 18.2 Å². The molecule has 3 rings (SSSR count). The van der Waals surface area contributed by atoms with Gasteiger partial charge < -0.3 is 4.90 Å². The molecule has 0 amide bonds. The Balaban J connectivity index is 1.98. The Bertz CT molecular complexity index is 868. The highest BCUT2D eigenvalue weighted by atomic mass is 79.9. The molecule has 2 aromatic carbocycles. The highest BCUT2D eigenvalue weighted by molar-refractivity contribution is 9.10. The molecule has 0 bridgehead atoms. The van der Waals surface area contributed by atoms with Gasteiger partial charge in [-0.05, 0) is 48.0 Å². The van der Waals surface area contributed by atoms with Crippen molar-refractivity contribution in [1.82, 2.24) is 0 Å². The first kappa shape index (κ1) is 16.1. The number of aliphatic imine (C=N–C) groups is 1. The number of rotatable bonds is 3. The Morgan fingerprint density at radius 3 is 2.48 bits per heavy atom. The number of halogens is 3. The lowest BCUT2D eigenvalue weighted by atomic mass is 10.1. The van der Waals surface area contributed by atoms with Crippen LogP contribution in [0.3, 0.4) is 0 Å². The Morgan fingerprint density at radius 2 is 1.83 bits per heavy atom. The Kier molecular flexibility index (Phi) is 4.20. The van der Waals surface area contributed by atoms with Gasteiger partial charge in [-0.25, -0.2) is 8.42 Å². The van der Waals surface area contributed by atoms with E-state index in [0.717, 1.165) is 15.7 Å². The number of alkyl halides is 2. The van der Waals surface area contributed by atoms with Crippen molar-refractivity contribution in [2.24, 2.45) is 4.99 Å². The number of hydrogen-bond donors (Lipinski definition) is 0. The maximum Gasteiger partial charge on any atom is 0.341 e. The lowest BCUT2D eigenvalue weighted by Crippen LogP contribution is -2.19. The summed E-state index contributed by atoms with van der Waals surface area (Å²) in [5, 5.41) is 0. The van der Waals surface area contributed by atoms with Crippen LogP contribution in [0.15, 0.2) is 56.8 Å². The van der Waals surface area contributed by atoms with Crippen LogP contribution in [-0.4, -0.2) is 20.5 Å². The maximum atomic E-state index is 12.6. The molecule has 1 heterocycles. The average molecular weight is 401 g/mol. The average Bonchev–Trinajstić information content (AvgIpc) is 2.54. The monoisotopic (exact) mass is 400 g/mol. The fourth-order valence-corrected chi connectivity index (χ4v) is 3.43. The SMILES string of the molecule is O=S(=O)(c1ccc(N2C=NCc3cc(Br)ccc32)cc1)C(F)F. The number of benzene rings is 2. The molecule has 0 aliphatic carbocycles. The topological polar surface area (TPSA) is 49.7 Å². The van der Waals surface area contributed by atoms with Crippen molar-refractivity contribution in [3.8, 4) is 0 Å². The molecule has 1 aliphatic rings. The van der Waals surface area contributed by atoms with Crippen LogP contribution in [0.5, 0.6) is 0 Å². The Morgan fingerprint density at radius 1 is 1.13 bits per heavy atom. The summed E-state index contributed by atoms with van der Waals surface area (Å²) < 4.78 is 49.0. The van der Waals surface area contributed by atoms with E-state index in [2.05, 4.69) is 20.9 Å². The van der Waals surface area contributed by atoms with Crippen LogP contribution in [0.2, 0.25) is 0 Å². The van der Waals surface area contributed by atoms with E-state index in [4.69, 9.17) is 0 Å². The summed E-state index contributed by atoms with van der Waals surface area (Å²) in [5.41, 5.74) is 2.56. The lowest BCUT2D eigenvalue weighted by molar-refractivity contribution is 0.234. The number of anilines is 2. The van der Waals surface area contributed by atoms with Gasteiger partial charge in [0.1, 0.15) is 0 Å². The van der Waals surface area contributed by atoms with Crippen LogP contribution in [0, 0.1) is 0 Å². The first-order valence-corrected chi connectivity index (χ1v) is 8.93. The third-order valence-electron chi connectivity index (χ3n) is 3.44. The van der Waals surface area contributed by atoms with E-state index in [0.29, 0.717) is 12.2 Å². The molecule has 0 atom stereocenters. The highest BCUT2D eigenvalue weighted by Crippen LogP contribution is 2.33. The van der Waals surface area contributed by atoms with Crippen molar-refractivity contribution < 1.29 is 17.2 Å². The second-order valence-electron chi connectivity index (χ2n) is 4.90. The van der Waals surface area contributed by atoms with Crippen LogP contribution in [0.1, 0.15) is 5.56 Å². The quantitative estimate of drug-likeness (QED) is 0.778. The summed E-state index contributed by atoms with van der Waals surface area (Å²) in [5.74, 6) is -3.43. The zero-order valence-electron chi connectivity index (χ0n) is 11.7. The molecule has 2 aromatic rings. The van der Waals surface area contributed by atoms with E-state index in [-0.39, 0.29) is 0 Å². The smallest absolute Gasteiger partial charge is 0.301 e. The summed E-state index contributed by atoms with van der Waals surface area (Å²) in [6.07, 6.45) is 1.63. The zero-order chi connectivity index (χ0) is 16.6. The van der Waals surface area contributed by atoms with Gasteiger partial charge in [0.2, 0.25) is 9.84 Å². The third kappa shape index (κ3) is 3.00. The van der Waals surface area contributed by atoms with Crippen LogP contribution in [0.25, 0.3) is 0 Å². The predicted molar refractivity (Wildman–Crippen MR) is 88.1 cm³/mol. The summed E-state index contributed by atoms with van der Waals surface area (Å²) in [6, 6.07) is 11.1. The lowest BCUT2D eigenvalue weighted by Gasteiger charge is -2.26. The molecule has 0 saturated carbocycles. The molecular weight excluding hydrogens is 390 g/mol. The van der Waals surface area contributed by atoms with Gasteiger partial charge in [0.15, 0.2) is 0 Å². The molecule has 120 valence electrons. The van der Waals surface area contributed by atoms with Crippen molar-refractivity contribution in [2.45, 2.75) is 17.2 Å². The molecule has 8 heteroatoms. The number of hydrogen-bond acceptors (Lipinski definition) is 4. The zero-order valence-corrected chi connectivity index (χ0v) is 14.1. The summed E-state index contributed by atoms with van der Waals surface area (Å²) in [7, 11) is -4.58. The minimum atomic E-state index is -4.58. The van der Waals surface area contributed by atoms with Crippen LogP contribution < -0.4 is 4.90 Å². The molecule has 23 heavy (non-hydrogen) atoms. The number of fused-ring (bicyclic) bond motifs is 1. The van der Waals surface area contributed by atoms with Crippen molar-refractivity contribution in [3.05, 3.63) is 52.5 Å². The fourth-order valence-electron chi connectivity index (χ4n) is 2.30. The van der Waals surface area contributed by atoms with Crippen LogP contribution >= 0.6 is 15.9 Å². The second-order valence-corrected chi connectivity index (χ2v) is 7.73. The fraction of sp³-hybridized carbons (Fsp3) is 0.133. The molecule has 0 unspecified atom stereocenters. The van der Waals surface area contributed by atoms with E-state index < -0.39 is 20.5 Å². The molecule has 4 nitrogen and oxygen atoms in total. The van der Waals surface area contributed by atoms with Gasteiger partial charge in [0.25, 0.3) is 0 Å². The second kappa shape index (κ2) is 6.01. The van der Waals surface area contributed by atoms with Gasteiger partial charge in [-0.15, -0.1) is 0 Å². The van der Waals surface area contributed by atoms with Gasteiger partial charge in [0, 0.05) is 10.2 Å². The highest BCUT2D eigenvalue weighted by Gasteiger charge is 2.26. The first-order chi connectivity index (χ1) is 10.9. The normalized spacial score (nSPS) is 14.2. The molecule has 0 fully saturated rings. The third-order valence-corrected chi connectivity index (χ3v) is 5.33. The summed E-state index contributed by atoms with van der Waals surface area (Å²) in [6.45, 7) is 0.545. The van der Waals surface area contributed by atoms with Crippen molar-refractivity contribution >= 4 is 43.5 Å². The molecule has 1 aliphatic heterocycles. The van der Waals surface area contributed by atoms with Crippen molar-refractivity contribution in [2.75, 3.05) is 4.90 Å². The molecule has 0 N–H and O–H groups in total. The van der Waals surface area contributed by atoms with E-state index in [1.165, 1.54) is 24.3 Å². The van der Waals surface area contributed by atoms with E-state index >= 15 is 0 Å². The van der Waals surface area contributed by atoms with Crippen molar-refractivity contribution in [1.29, 1.82) is 0 Å². The predicted octanol–water partition coefficient (Wildman–Crippen LogP) is 4.13. The van der Waals surface area contributed by atoms with Gasteiger partial charge in [-0.3, -0.25) is 4.99 Å². The standard InChI is InChI=1S/C15H11BrF2N2O2S/c16-11-1-6-14-10(7-11)8-19-9-20(14)12-2-4-13(5-3-12)23(21,22)15(17)18/h1-7,9,15H,8H2. The Hall–Kier alpha value is -1.80. The van der Waals surface area contributed by atoms with Gasteiger partial charge in [0.05, 0.1) is 23.5 Å². The maximum absolute atomic E-state index is 12.6. The summed E-state index contributed by atoms with van der Waals surface area (Å²) in [4.78, 5) is 5.64. The minimum Gasteiger partial charge on any atom is -0.301 e. The Labute approximate surface area is 140 Å². The molecule has 0 saturated heterocycles. The van der Waals surface area contributed by atoms with E-state index in [9.17, 15) is 17.2 Å². The molecule has 0 radical (unpaired) electrons. The molecule has 0 aromatic heterocycles. The van der Waals surface area contributed by atoms with Crippen molar-refractivity contribution in [3.63, 3.8) is 0 Å². The van der Waals surface area contributed by atoms with Gasteiger partial charge >= 0.3 is 5.76 Å². The largest absolute Gasteiger partial charge is 0.341 e. The van der Waals surface area contributed by atoms with Gasteiger partial charge in [-0.1, -0.05) is 15.9 Å². The van der Waals surface area contributed by atoms with Gasteiger partial charge in [-0.2, -0.15) is 8.78 Å². The van der Waals surface area contributed by atoms with Crippen LogP contribution in [0.4, 0.5) is 20.2 Å². The first-order valence-electron chi connectivity index (χ1n) is 6.59. The van der Waals surface area contributed by atoms with Crippen LogP contribution in [-0.2, 0) is 16.4 Å². The molecule has 0 spiro atoms.